The molecule has 5 heteroatoms. The number of furan rings is 1. The Balaban J connectivity index is 1.14. The Bertz CT molecular complexity index is 3610. The van der Waals surface area contributed by atoms with E-state index in [0.29, 0.717) is 50.8 Å². The highest BCUT2D eigenvalue weighted by Crippen LogP contribution is 2.41. The first-order chi connectivity index (χ1) is 31.1. The van der Waals surface area contributed by atoms with Crippen LogP contribution in [0.3, 0.4) is 0 Å². The van der Waals surface area contributed by atoms with Gasteiger partial charge in [0.2, 0.25) is 0 Å². The van der Waals surface area contributed by atoms with Gasteiger partial charge in [0.25, 0.3) is 0 Å². The van der Waals surface area contributed by atoms with Crippen LogP contribution in [0.4, 0.5) is 0 Å². The molecule has 0 radical (unpaired) electrons. The molecular weight excluding hydrogens is 685 g/mol. The van der Waals surface area contributed by atoms with Crippen molar-refractivity contribution in [1.82, 2.24) is 19.5 Å². The average Bonchev–Trinajstić information content (AvgIpc) is 3.91. The highest BCUT2D eigenvalue weighted by atomic mass is 16.3. The number of hydrogen-bond acceptors (Lipinski definition) is 4. The molecule has 0 amide bonds. The lowest BCUT2D eigenvalue weighted by atomic mass is 10.0. The van der Waals surface area contributed by atoms with Crippen molar-refractivity contribution in [3.63, 3.8) is 0 Å². The number of para-hydroxylation sites is 2. The first kappa shape index (κ1) is 24.6. The Morgan fingerprint density at radius 3 is 1.52 bits per heavy atom. The Labute approximate surface area is 334 Å². The van der Waals surface area contributed by atoms with Gasteiger partial charge in [-0.3, -0.25) is 0 Å². The summed E-state index contributed by atoms with van der Waals surface area (Å²) in [6.45, 7) is 0. The molecule has 0 atom stereocenters. The van der Waals surface area contributed by atoms with Gasteiger partial charge < -0.3 is 8.98 Å². The molecule has 56 heavy (non-hydrogen) atoms. The second-order valence-electron chi connectivity index (χ2n) is 13.4. The number of rotatable bonds is 6. The zero-order valence-electron chi connectivity index (χ0n) is 37.6. The zero-order chi connectivity index (χ0) is 44.0. The first-order valence-corrected chi connectivity index (χ1v) is 18.1. The van der Waals surface area contributed by atoms with E-state index in [1.54, 1.807) is 0 Å². The summed E-state index contributed by atoms with van der Waals surface area (Å²) in [4.78, 5) is 14.9. The standard InChI is InChI=1S/C51H32N4O/c1-4-14-33(15-5-1)34-24-26-37(27-25-34)50-52-49(36-18-8-3-9-19-36)53-51(54-50)38-28-29-42-44-32-39(31-43(35-16-6-2-7-17-35)48(44)56-47(42)30-38)55-45-22-12-10-20-40(45)41-21-11-13-23-46(41)55/h1-32H/i10D,11D,12D,13D,20D,21D,22D,23D. The van der Waals surface area contributed by atoms with E-state index in [2.05, 4.69) is 24.3 Å². The maximum Gasteiger partial charge on any atom is 0.164 e. The molecule has 0 spiro atoms. The molecule has 3 heterocycles. The van der Waals surface area contributed by atoms with Crippen molar-refractivity contribution in [2.75, 3.05) is 0 Å². The lowest BCUT2D eigenvalue weighted by Crippen LogP contribution is -2.00. The summed E-state index contributed by atoms with van der Waals surface area (Å²) in [7, 11) is 0. The van der Waals surface area contributed by atoms with E-state index in [-0.39, 0.29) is 33.9 Å². The van der Waals surface area contributed by atoms with Crippen molar-refractivity contribution in [3.8, 4) is 62.1 Å². The van der Waals surface area contributed by atoms with Crippen molar-refractivity contribution in [2.24, 2.45) is 0 Å². The van der Waals surface area contributed by atoms with E-state index in [1.807, 2.05) is 121 Å². The van der Waals surface area contributed by atoms with E-state index < -0.39 is 36.3 Å². The number of aromatic nitrogens is 4. The fourth-order valence-corrected chi connectivity index (χ4v) is 7.44. The molecule has 3 aromatic heterocycles. The van der Waals surface area contributed by atoms with Crippen LogP contribution in [0.1, 0.15) is 11.0 Å². The van der Waals surface area contributed by atoms with E-state index in [0.717, 1.165) is 33.2 Å². The SMILES string of the molecule is [2H]c1c([2H])c([2H])c2c(c1[2H])c1c([2H])c([2H])c([2H])c([2H])c1n2-c1cc(-c2ccccc2)c2oc3cc(-c4nc(-c5ccccc5)nc(-c5ccc(-c6ccccc6)cc5)n4)ccc3c2c1. The van der Waals surface area contributed by atoms with Crippen LogP contribution in [0.15, 0.2) is 198 Å². The van der Waals surface area contributed by atoms with Crippen LogP contribution in [0, 0.1) is 0 Å². The molecule has 0 aliphatic heterocycles. The Morgan fingerprint density at radius 2 is 0.893 bits per heavy atom. The van der Waals surface area contributed by atoms with Crippen LogP contribution in [-0.4, -0.2) is 19.5 Å². The molecule has 11 rings (SSSR count). The van der Waals surface area contributed by atoms with Gasteiger partial charge in [-0.1, -0.05) is 158 Å². The fourth-order valence-electron chi connectivity index (χ4n) is 7.44. The molecule has 11 aromatic rings. The molecule has 8 aromatic carbocycles. The monoisotopic (exact) mass is 724 g/mol. The lowest BCUT2D eigenvalue weighted by molar-refractivity contribution is 0.670. The van der Waals surface area contributed by atoms with Crippen molar-refractivity contribution >= 4 is 43.7 Å². The third-order valence-corrected chi connectivity index (χ3v) is 10.1. The molecule has 0 unspecified atom stereocenters. The summed E-state index contributed by atoms with van der Waals surface area (Å²) in [6.07, 6.45) is 0. The number of benzene rings is 8. The van der Waals surface area contributed by atoms with Crippen LogP contribution in [0.25, 0.3) is 106 Å². The van der Waals surface area contributed by atoms with E-state index in [1.165, 1.54) is 4.57 Å². The van der Waals surface area contributed by atoms with Crippen molar-refractivity contribution in [2.45, 2.75) is 0 Å². The minimum Gasteiger partial charge on any atom is -0.455 e. The lowest BCUT2D eigenvalue weighted by Gasteiger charge is -2.11. The minimum absolute atomic E-state index is 0.00906. The summed E-state index contributed by atoms with van der Waals surface area (Å²) in [6, 6.07) is 43.5. The molecule has 0 bridgehead atoms. The number of nitrogens with zero attached hydrogens (tertiary/aromatic N) is 4. The summed E-state index contributed by atoms with van der Waals surface area (Å²) < 4.78 is 78.7. The van der Waals surface area contributed by atoms with Crippen molar-refractivity contribution < 1.29 is 15.4 Å². The topological polar surface area (TPSA) is 56.7 Å². The van der Waals surface area contributed by atoms with Crippen molar-refractivity contribution in [1.29, 1.82) is 0 Å². The highest BCUT2D eigenvalue weighted by molar-refractivity contribution is 6.13. The maximum absolute atomic E-state index is 9.11. The third-order valence-electron chi connectivity index (χ3n) is 10.1. The molecule has 262 valence electrons. The van der Waals surface area contributed by atoms with Gasteiger partial charge in [0, 0.05) is 49.5 Å². The quantitative estimate of drug-likeness (QED) is 0.171. The Hall–Kier alpha value is -7.63. The summed E-state index contributed by atoms with van der Waals surface area (Å²) in [5.41, 5.74) is 7.55. The molecule has 0 aliphatic carbocycles. The van der Waals surface area contributed by atoms with Gasteiger partial charge in [-0.25, -0.2) is 15.0 Å². The summed E-state index contributed by atoms with van der Waals surface area (Å²) in [5.74, 6) is 1.46. The largest absolute Gasteiger partial charge is 0.455 e. The van der Waals surface area contributed by atoms with E-state index in [4.69, 9.17) is 30.3 Å². The van der Waals surface area contributed by atoms with Crippen LogP contribution in [0.5, 0.6) is 0 Å². The predicted molar refractivity (Wildman–Crippen MR) is 229 cm³/mol. The second-order valence-corrected chi connectivity index (χ2v) is 13.4. The Morgan fingerprint density at radius 1 is 0.411 bits per heavy atom. The first-order valence-electron chi connectivity index (χ1n) is 22.1. The average molecular weight is 725 g/mol. The molecule has 0 saturated heterocycles. The molecule has 5 nitrogen and oxygen atoms in total. The zero-order valence-corrected chi connectivity index (χ0v) is 29.6. The fraction of sp³-hybridized carbons (Fsp3) is 0. The van der Waals surface area contributed by atoms with Crippen LogP contribution < -0.4 is 0 Å². The number of hydrogen-bond donors (Lipinski definition) is 0. The van der Waals surface area contributed by atoms with Gasteiger partial charge in [-0.15, -0.1) is 0 Å². The van der Waals surface area contributed by atoms with Crippen LogP contribution in [-0.2, 0) is 0 Å². The predicted octanol–water partition coefficient (Wildman–Crippen LogP) is 13.2. The maximum atomic E-state index is 9.11. The highest BCUT2D eigenvalue weighted by Gasteiger charge is 2.20. The van der Waals surface area contributed by atoms with Gasteiger partial charge in [0.1, 0.15) is 11.2 Å². The van der Waals surface area contributed by atoms with Gasteiger partial charge in [-0.05, 0) is 53.0 Å². The Kier molecular flexibility index (Phi) is 5.74. The molecular formula is C51H32N4O. The molecule has 0 fully saturated rings. The number of fused-ring (bicyclic) bond motifs is 6. The van der Waals surface area contributed by atoms with Crippen LogP contribution >= 0.6 is 0 Å². The normalized spacial score (nSPS) is 13.6. The van der Waals surface area contributed by atoms with E-state index in [9.17, 15) is 0 Å². The molecule has 0 N–H and O–H groups in total. The van der Waals surface area contributed by atoms with Crippen molar-refractivity contribution in [3.05, 3.63) is 194 Å². The molecule has 0 aliphatic rings. The summed E-state index contributed by atoms with van der Waals surface area (Å²) in [5, 5.41) is 1.43. The summed E-state index contributed by atoms with van der Waals surface area (Å²) >= 11 is 0. The minimum atomic E-state index is -0.497. The second kappa shape index (κ2) is 13.0. The van der Waals surface area contributed by atoms with Gasteiger partial charge in [0.05, 0.1) is 22.0 Å². The van der Waals surface area contributed by atoms with Gasteiger partial charge >= 0.3 is 0 Å². The van der Waals surface area contributed by atoms with E-state index >= 15 is 0 Å². The van der Waals surface area contributed by atoms with Gasteiger partial charge in [0.15, 0.2) is 17.5 Å². The third kappa shape index (κ3) is 5.37. The smallest absolute Gasteiger partial charge is 0.164 e. The van der Waals surface area contributed by atoms with Gasteiger partial charge in [-0.2, -0.15) is 0 Å². The van der Waals surface area contributed by atoms with Crippen LogP contribution in [0.2, 0.25) is 0 Å². The molecule has 0 saturated carbocycles.